The molecule has 0 aromatic heterocycles. The normalized spacial score (nSPS) is 27.4. The van der Waals surface area contributed by atoms with Crippen LogP contribution in [0.5, 0.6) is 0 Å². The number of ether oxygens (including phenoxy) is 6. The number of amides is 1. The second-order valence-corrected chi connectivity index (χ2v) is 26.7. The molecule has 0 aromatic rings. The van der Waals surface area contributed by atoms with Crippen molar-refractivity contribution in [3.05, 3.63) is 109 Å². The second kappa shape index (κ2) is 58.9. The van der Waals surface area contributed by atoms with Crippen LogP contribution < -0.4 is 5.32 Å². The Morgan fingerprint density at radius 3 is 1.14 bits per heavy atom. The van der Waals surface area contributed by atoms with Gasteiger partial charge in [-0.05, 0) is 89.9 Å². The molecule has 3 fully saturated rings. The van der Waals surface area contributed by atoms with E-state index in [4.69, 9.17) is 28.4 Å². The number of aliphatic hydroxyl groups excluding tert-OH is 11. The quantitative estimate of drug-likeness (QED) is 0.0199. The molecule has 0 radical (unpaired) electrons. The molecular weight excluding hydrogens is 1250 g/mol. The Morgan fingerprint density at radius 2 is 0.714 bits per heavy atom. The number of unbranched alkanes of at least 4 members (excludes halogenated alkanes) is 26. The second-order valence-electron chi connectivity index (χ2n) is 26.7. The molecule has 0 spiro atoms. The topological polar surface area (TPSA) is 307 Å². The van der Waals surface area contributed by atoms with Crippen molar-refractivity contribution >= 4 is 5.91 Å². The van der Waals surface area contributed by atoms with Gasteiger partial charge in [0.2, 0.25) is 5.91 Å². The van der Waals surface area contributed by atoms with Crippen molar-refractivity contribution in [2.24, 2.45) is 0 Å². The van der Waals surface area contributed by atoms with Crippen LogP contribution in [-0.4, -0.2) is 193 Å². The fourth-order valence-corrected chi connectivity index (χ4v) is 12.2. The summed E-state index contributed by atoms with van der Waals surface area (Å²) in [6.07, 6.45) is 53.8. The van der Waals surface area contributed by atoms with E-state index in [-0.39, 0.29) is 18.9 Å². The zero-order chi connectivity index (χ0) is 71.1. The van der Waals surface area contributed by atoms with Gasteiger partial charge in [0.05, 0.1) is 38.6 Å². The summed E-state index contributed by atoms with van der Waals surface area (Å²) < 4.78 is 34.3. The summed E-state index contributed by atoms with van der Waals surface area (Å²) in [4.78, 5) is 13.4. The lowest BCUT2D eigenvalue weighted by atomic mass is 9.96. The minimum atomic E-state index is -1.98. The largest absolute Gasteiger partial charge is 0.394 e. The maximum Gasteiger partial charge on any atom is 0.220 e. The van der Waals surface area contributed by atoms with Crippen molar-refractivity contribution in [2.45, 2.75) is 356 Å². The van der Waals surface area contributed by atoms with Gasteiger partial charge in [0.15, 0.2) is 18.9 Å². The number of carbonyl (C=O) groups is 1. The Hall–Kier alpha value is -3.55. The Morgan fingerprint density at radius 1 is 0.378 bits per heavy atom. The van der Waals surface area contributed by atoms with Crippen molar-refractivity contribution in [1.29, 1.82) is 0 Å². The van der Waals surface area contributed by atoms with Crippen molar-refractivity contribution in [3.63, 3.8) is 0 Å². The van der Waals surface area contributed by atoms with Crippen LogP contribution in [0.1, 0.15) is 251 Å². The fourth-order valence-electron chi connectivity index (χ4n) is 12.2. The van der Waals surface area contributed by atoms with Crippen LogP contribution in [0, 0.1) is 0 Å². The van der Waals surface area contributed by atoms with Crippen LogP contribution in [-0.2, 0) is 33.2 Å². The van der Waals surface area contributed by atoms with E-state index in [1.165, 1.54) is 135 Å². The zero-order valence-corrected chi connectivity index (χ0v) is 60.0. The third kappa shape index (κ3) is 39.2. The summed E-state index contributed by atoms with van der Waals surface area (Å²) in [5, 5.41) is 121. The average molecular weight is 1390 g/mol. The Bertz CT molecular complexity index is 2200. The molecule has 3 heterocycles. The molecule has 3 aliphatic heterocycles. The van der Waals surface area contributed by atoms with E-state index in [1.54, 1.807) is 6.08 Å². The van der Waals surface area contributed by atoms with E-state index in [0.29, 0.717) is 12.8 Å². The highest BCUT2D eigenvalue weighted by atomic mass is 16.8. The SMILES string of the molecule is CC/C=C\C/C=C\C/C=C\C/C=C\C/C=C\C/C=C\C/C=C\CCCCCCCCCCCCCCCCCCCC(=O)NC(COC1OC(CO)C(OC2OC(CO)C(OC3OC(CO)C(O)C(O)C3O)C(O)C2O)C(O)C1O)C(O)/C=C/CC/C=C/CCCCCCCCCC. The number of hydrogen-bond acceptors (Lipinski definition) is 18. The minimum Gasteiger partial charge on any atom is -0.394 e. The fraction of sp³-hybridized carbons (Fsp3) is 0.759. The molecule has 3 rings (SSSR count). The molecule has 1 amide bonds. The van der Waals surface area contributed by atoms with Crippen LogP contribution in [0.25, 0.3) is 0 Å². The Labute approximate surface area is 589 Å². The molecule has 19 heteroatoms. The first-order valence-corrected chi connectivity index (χ1v) is 38.1. The van der Waals surface area contributed by atoms with Gasteiger partial charge >= 0.3 is 0 Å². The van der Waals surface area contributed by atoms with Crippen LogP contribution in [0.4, 0.5) is 0 Å². The molecule has 12 N–H and O–H groups in total. The Kier molecular flexibility index (Phi) is 53.3. The molecule has 0 saturated carbocycles. The monoisotopic (exact) mass is 1390 g/mol. The molecular formula is C79H135NO18. The molecule has 3 saturated heterocycles. The van der Waals surface area contributed by atoms with Crippen LogP contribution >= 0.6 is 0 Å². The molecule has 564 valence electrons. The first-order chi connectivity index (χ1) is 47.8. The van der Waals surface area contributed by atoms with Gasteiger partial charge in [-0.2, -0.15) is 0 Å². The molecule has 98 heavy (non-hydrogen) atoms. The first kappa shape index (κ1) is 88.7. The number of carbonyl (C=O) groups excluding carboxylic acids is 1. The number of nitrogens with one attached hydrogen (secondary N) is 1. The van der Waals surface area contributed by atoms with E-state index in [2.05, 4.69) is 116 Å². The summed E-state index contributed by atoms with van der Waals surface area (Å²) in [6, 6.07) is -0.994. The Balaban J connectivity index is 1.32. The van der Waals surface area contributed by atoms with E-state index in [0.717, 1.165) is 83.5 Å². The van der Waals surface area contributed by atoms with Gasteiger partial charge in [-0.1, -0.05) is 264 Å². The van der Waals surface area contributed by atoms with Gasteiger partial charge < -0.3 is 89.9 Å². The minimum absolute atomic E-state index is 0.232. The van der Waals surface area contributed by atoms with E-state index >= 15 is 0 Å². The number of hydrogen-bond donors (Lipinski definition) is 12. The van der Waals surface area contributed by atoms with E-state index in [1.807, 2.05) is 6.08 Å². The highest BCUT2D eigenvalue weighted by Crippen LogP contribution is 2.33. The van der Waals surface area contributed by atoms with Gasteiger partial charge in [0, 0.05) is 6.42 Å². The average Bonchev–Trinajstić information content (AvgIpc) is 0.785. The van der Waals surface area contributed by atoms with Gasteiger partial charge in [0.25, 0.3) is 0 Å². The van der Waals surface area contributed by atoms with Gasteiger partial charge in [0.1, 0.15) is 73.2 Å². The standard InChI is InChI=1S/C79H135NO18/c1-3-5-7-9-11-13-15-17-19-20-21-22-23-24-25-26-27-28-29-30-31-32-33-34-35-36-37-38-39-40-41-42-43-45-47-49-51-53-55-57-67(85)80-62(63(84)56-54-52-50-48-46-44-18-16-14-12-10-8-6-4-2)61-93-77-73(91)70(88)75(65(59-82)95-77)98-79-74(92)71(89)76(66(60-83)96-79)97-78-72(90)69(87)68(86)64(58-81)94-78/h5,7,11,13,17,19,21-22,24-25,27-28,30-31,46,48,54,56,62-66,68-79,81-84,86-92H,3-4,6,8-10,12,14-16,18,20,23,26,29,32-45,47,49-53,55,57-61H2,1-2H3,(H,80,85)/b7-5-,13-11-,19-17-,22-21-,25-24-,28-27-,31-30-,48-46+,56-54+. The van der Waals surface area contributed by atoms with E-state index < -0.39 is 124 Å². The maximum absolute atomic E-state index is 13.4. The molecule has 0 bridgehead atoms. The third-order valence-corrected chi connectivity index (χ3v) is 18.3. The molecule has 0 aliphatic carbocycles. The van der Waals surface area contributed by atoms with Crippen molar-refractivity contribution in [1.82, 2.24) is 5.32 Å². The van der Waals surface area contributed by atoms with Gasteiger partial charge in [-0.15, -0.1) is 0 Å². The smallest absolute Gasteiger partial charge is 0.220 e. The van der Waals surface area contributed by atoms with Crippen LogP contribution in [0.2, 0.25) is 0 Å². The molecule has 17 unspecified atom stereocenters. The van der Waals surface area contributed by atoms with Crippen LogP contribution in [0.3, 0.4) is 0 Å². The lowest BCUT2D eigenvalue weighted by Crippen LogP contribution is -2.66. The van der Waals surface area contributed by atoms with Crippen molar-refractivity contribution in [2.75, 3.05) is 26.4 Å². The number of allylic oxidation sites excluding steroid dienone is 17. The zero-order valence-electron chi connectivity index (χ0n) is 60.0. The molecule has 17 atom stereocenters. The summed E-state index contributed by atoms with van der Waals surface area (Å²) in [7, 11) is 0. The molecule has 3 aliphatic rings. The summed E-state index contributed by atoms with van der Waals surface area (Å²) in [5.41, 5.74) is 0. The summed E-state index contributed by atoms with van der Waals surface area (Å²) in [5.74, 6) is -0.288. The first-order valence-electron chi connectivity index (χ1n) is 38.1. The van der Waals surface area contributed by atoms with Gasteiger partial charge in [-0.25, -0.2) is 0 Å². The number of rotatable bonds is 58. The van der Waals surface area contributed by atoms with Crippen molar-refractivity contribution < 1.29 is 89.4 Å². The van der Waals surface area contributed by atoms with Crippen LogP contribution in [0.15, 0.2) is 109 Å². The maximum atomic E-state index is 13.4. The third-order valence-electron chi connectivity index (χ3n) is 18.3. The summed E-state index contributed by atoms with van der Waals surface area (Å²) >= 11 is 0. The highest BCUT2D eigenvalue weighted by Gasteiger charge is 2.53. The predicted octanol–water partition coefficient (Wildman–Crippen LogP) is 11.8. The molecule has 19 nitrogen and oxygen atoms in total. The summed E-state index contributed by atoms with van der Waals surface area (Å²) in [6.45, 7) is 1.58. The predicted molar refractivity (Wildman–Crippen MR) is 387 cm³/mol. The lowest BCUT2D eigenvalue weighted by Gasteiger charge is -2.48. The van der Waals surface area contributed by atoms with Gasteiger partial charge in [-0.3, -0.25) is 4.79 Å². The molecule has 0 aromatic carbocycles. The number of aliphatic hydroxyl groups is 11. The lowest BCUT2D eigenvalue weighted by molar-refractivity contribution is -0.379. The highest BCUT2D eigenvalue weighted by molar-refractivity contribution is 5.76. The van der Waals surface area contributed by atoms with E-state index in [9.17, 15) is 61.0 Å². The van der Waals surface area contributed by atoms with Crippen molar-refractivity contribution in [3.8, 4) is 0 Å².